The molecule has 652 valence electrons. The quantitative estimate of drug-likeness (QED) is 0.142. The Morgan fingerprint density at radius 3 is 0.936 bits per heavy atom. The Balaban J connectivity index is 0.000000102. The summed E-state index contributed by atoms with van der Waals surface area (Å²) in [5, 5.41) is 35.5. The third kappa shape index (κ3) is 11.6. The summed E-state index contributed by atoms with van der Waals surface area (Å²) < 4.78 is 46.6. The molecule has 10 aromatic heterocycles. The van der Waals surface area contributed by atoms with E-state index in [9.17, 15) is 5.26 Å². The number of hydrogen-bond donors (Lipinski definition) is 0. The minimum absolute atomic E-state index is 0.419. The predicted molar refractivity (Wildman–Crippen MR) is 573 cm³/mol. The number of hydrogen-bond acceptors (Lipinski definition) is 9. The zero-order valence-electron chi connectivity index (χ0n) is 74.8. The molecule has 0 bridgehead atoms. The van der Waals surface area contributed by atoms with E-state index in [2.05, 4.69) is 260 Å². The molecule has 14 heteroatoms. The summed E-state index contributed by atoms with van der Waals surface area (Å²) in [5.74, 6) is 1.45. The topological polar surface area (TPSA) is 152 Å². The van der Waals surface area contributed by atoms with E-state index in [1.807, 2.05) is 176 Å². The standard InChI is InChI=1S/C47H26N2O2.C44H25N3O2.C36H17N3O2/c1-48-45-35(28-14-4-2-5-15-28)26-30(27-36(45)29-16-6-3-7-17-29)49-37-21-11-8-18-31(37)44-46(49)34-24-25-40-41(32-19-9-12-22-38(32)50-40)42(34)43-33-20-10-13-23-39(33)51-47(43)44;1-3-13-26(14-4-1)32-25-37(46-44(45-32)27-15-5-2-6-16-27)47-33-20-10-7-17-28(33)41-42(47)31-23-24-36-38(29-18-8-11-21-34(29)48-36)39(31)40-30-19-9-12-22-35(30)49-43(40)41;1-38-21-16-20(19-37)17-22(18-21)39-27-11-5-2-8-23(27)34-35(39)26-14-15-30-31(24-9-3-6-12-28(24)40-30)32(26)33-25-10-4-7-13-29(25)41-36(33)34/h2-27H;1-25H;2-18H. The van der Waals surface area contributed by atoms with Crippen molar-refractivity contribution in [3.63, 3.8) is 0 Å². The average Bonchev–Trinajstić information content (AvgIpc) is 1.53. The van der Waals surface area contributed by atoms with Gasteiger partial charge in [-0.15, -0.1) is 0 Å². The van der Waals surface area contributed by atoms with Crippen LogP contribution >= 0.6 is 0 Å². The van der Waals surface area contributed by atoms with Gasteiger partial charge in [0.05, 0.1) is 74.2 Å². The molecule has 31 rings (SSSR count). The molecule has 0 saturated carbocycles. The second-order valence-electron chi connectivity index (χ2n) is 35.9. The van der Waals surface area contributed by atoms with Gasteiger partial charge in [-0.1, -0.05) is 285 Å². The molecule has 21 aromatic carbocycles. The van der Waals surface area contributed by atoms with Crippen LogP contribution in [-0.2, 0) is 0 Å². The first-order valence-corrected chi connectivity index (χ1v) is 46.8. The van der Waals surface area contributed by atoms with Crippen LogP contribution in [0, 0.1) is 24.5 Å². The Labute approximate surface area is 799 Å². The molecule has 0 fully saturated rings. The van der Waals surface area contributed by atoms with E-state index in [4.69, 9.17) is 49.6 Å². The fourth-order valence-corrected chi connectivity index (χ4v) is 22.6. The van der Waals surface area contributed by atoms with Crippen molar-refractivity contribution in [1.82, 2.24) is 23.7 Å². The molecular formula is C127H68N8O6. The molecule has 0 aliphatic rings. The fourth-order valence-electron chi connectivity index (χ4n) is 22.6. The van der Waals surface area contributed by atoms with Crippen LogP contribution in [0.3, 0.4) is 0 Å². The van der Waals surface area contributed by atoms with Gasteiger partial charge in [-0.05, 0) is 144 Å². The van der Waals surface area contributed by atoms with Gasteiger partial charge in [0.2, 0.25) is 5.69 Å². The molecule has 0 unspecified atom stereocenters. The predicted octanol–water partition coefficient (Wildman–Crippen LogP) is 35.6. The maximum absolute atomic E-state index is 9.81. The summed E-state index contributed by atoms with van der Waals surface area (Å²) in [6, 6.07) is 143. The molecule has 14 nitrogen and oxygen atoms in total. The molecule has 0 atom stereocenters. The van der Waals surface area contributed by atoms with Crippen LogP contribution in [0.1, 0.15) is 5.56 Å². The van der Waals surface area contributed by atoms with Crippen molar-refractivity contribution < 1.29 is 26.5 Å². The van der Waals surface area contributed by atoms with E-state index in [0.29, 0.717) is 22.8 Å². The highest BCUT2D eigenvalue weighted by Gasteiger charge is 2.32. The van der Waals surface area contributed by atoms with E-state index in [0.717, 1.165) is 286 Å². The highest BCUT2D eigenvalue weighted by Crippen LogP contribution is 2.56. The van der Waals surface area contributed by atoms with Gasteiger partial charge in [-0.25, -0.2) is 19.7 Å². The number of nitriles is 1. The molecule has 0 amide bonds. The first-order chi connectivity index (χ1) is 69.8. The van der Waals surface area contributed by atoms with Crippen LogP contribution in [0.25, 0.3) is 301 Å². The van der Waals surface area contributed by atoms with Gasteiger partial charge in [0, 0.05) is 147 Å². The highest BCUT2D eigenvalue weighted by atomic mass is 16.4. The minimum Gasteiger partial charge on any atom is -0.456 e. The monoisotopic (exact) mass is 1800 g/mol. The Morgan fingerprint density at radius 2 is 0.560 bits per heavy atom. The summed E-state index contributed by atoms with van der Waals surface area (Å²) in [6.45, 7) is 16.1. The second kappa shape index (κ2) is 30.6. The molecule has 141 heavy (non-hydrogen) atoms. The third-order valence-corrected chi connectivity index (χ3v) is 28.3. The van der Waals surface area contributed by atoms with Crippen LogP contribution in [0.2, 0.25) is 0 Å². The number of aromatic nitrogens is 5. The van der Waals surface area contributed by atoms with Crippen molar-refractivity contribution in [2.24, 2.45) is 0 Å². The largest absolute Gasteiger partial charge is 0.456 e. The van der Waals surface area contributed by atoms with Gasteiger partial charge in [-0.3, -0.25) is 4.57 Å². The number of rotatable bonds is 7. The summed E-state index contributed by atoms with van der Waals surface area (Å²) in [6.07, 6.45) is 0. The minimum atomic E-state index is 0.419. The van der Waals surface area contributed by atoms with Crippen molar-refractivity contribution in [3.05, 3.63) is 441 Å². The maximum Gasteiger partial charge on any atom is 0.202 e. The van der Waals surface area contributed by atoms with Gasteiger partial charge in [0.1, 0.15) is 72.8 Å². The Hall–Kier alpha value is -19.9. The van der Waals surface area contributed by atoms with Crippen molar-refractivity contribution in [1.29, 1.82) is 5.26 Å². The lowest BCUT2D eigenvalue weighted by Gasteiger charge is -2.17. The lowest BCUT2D eigenvalue weighted by molar-refractivity contribution is 0.669. The van der Waals surface area contributed by atoms with E-state index in [1.165, 1.54) is 0 Å². The number of furan rings is 6. The van der Waals surface area contributed by atoms with Gasteiger partial charge < -0.3 is 35.6 Å². The molecule has 0 aliphatic heterocycles. The first-order valence-electron chi connectivity index (χ1n) is 46.8. The molecule has 10 heterocycles. The summed E-state index contributed by atoms with van der Waals surface area (Å²) >= 11 is 0. The van der Waals surface area contributed by atoms with Gasteiger partial charge >= 0.3 is 0 Å². The van der Waals surface area contributed by atoms with Crippen LogP contribution in [-0.4, -0.2) is 23.7 Å². The SMILES string of the molecule is [C-]#[N+]c1c(-c2ccccc2)cc(-n2c3ccccc3c3c4oc5ccccc5c4c4c(ccc5oc6ccccc6c54)c32)cc1-c1ccccc1.[C-]#[N+]c1cc(C#N)cc(-n2c3ccccc3c3c4oc5ccccc5c4c4c(ccc5oc6ccccc6c54)c32)c1.c1ccc(-c2cc(-n3c4ccccc4c4c5oc6ccccc6c5c5c(ccc6oc7ccccc7c65)c43)nc(-c3ccccc3)n2)cc1. The average molecular weight is 1800 g/mol. The molecular weight excluding hydrogens is 1730 g/mol. The van der Waals surface area contributed by atoms with E-state index in [1.54, 1.807) is 6.07 Å². The fraction of sp³-hybridized carbons (Fsp3) is 0. The van der Waals surface area contributed by atoms with Crippen molar-refractivity contribution in [3.8, 4) is 68.2 Å². The summed E-state index contributed by atoms with van der Waals surface area (Å²) in [4.78, 5) is 18.2. The molecule has 0 N–H and O–H groups in total. The van der Waals surface area contributed by atoms with E-state index in [-0.39, 0.29) is 0 Å². The smallest absolute Gasteiger partial charge is 0.202 e. The van der Waals surface area contributed by atoms with Crippen molar-refractivity contribution in [2.75, 3.05) is 0 Å². The zero-order chi connectivity index (χ0) is 92.9. The molecule has 0 saturated heterocycles. The lowest BCUT2D eigenvalue weighted by Crippen LogP contribution is -2.02. The van der Waals surface area contributed by atoms with Crippen molar-refractivity contribution in [2.45, 2.75) is 0 Å². The van der Waals surface area contributed by atoms with Crippen LogP contribution in [0.15, 0.2) is 439 Å². The second-order valence-corrected chi connectivity index (χ2v) is 35.9. The third-order valence-electron chi connectivity index (χ3n) is 28.3. The number of nitrogens with zero attached hydrogens (tertiary/aromatic N) is 8. The van der Waals surface area contributed by atoms with E-state index >= 15 is 0 Å². The Morgan fingerprint density at radius 1 is 0.241 bits per heavy atom. The van der Waals surface area contributed by atoms with Gasteiger partial charge in [-0.2, -0.15) is 5.26 Å². The van der Waals surface area contributed by atoms with Gasteiger partial charge in [0.25, 0.3) is 0 Å². The summed E-state index contributed by atoms with van der Waals surface area (Å²) in [7, 11) is 0. The highest BCUT2D eigenvalue weighted by molar-refractivity contribution is 6.44. The Bertz CT molecular complexity index is 10800. The normalized spacial score (nSPS) is 12.0. The number of fused-ring (bicyclic) bond motifs is 42. The molecule has 0 spiro atoms. The van der Waals surface area contributed by atoms with E-state index < -0.39 is 0 Å². The zero-order valence-corrected chi connectivity index (χ0v) is 74.8. The number of benzene rings is 21. The maximum atomic E-state index is 9.81. The lowest BCUT2D eigenvalue weighted by atomic mass is 9.94. The summed E-state index contributed by atoms with van der Waals surface area (Å²) in [5.41, 5.74) is 26.1. The van der Waals surface area contributed by atoms with Crippen LogP contribution in [0.5, 0.6) is 0 Å². The first kappa shape index (κ1) is 78.6. The molecule has 31 aromatic rings. The van der Waals surface area contributed by atoms with Crippen LogP contribution < -0.4 is 0 Å². The molecule has 0 radical (unpaired) electrons. The number of para-hydroxylation sites is 9. The molecule has 0 aliphatic carbocycles. The van der Waals surface area contributed by atoms with Gasteiger partial charge in [0.15, 0.2) is 11.5 Å². The Kier molecular flexibility index (Phi) is 17.1. The van der Waals surface area contributed by atoms with Crippen molar-refractivity contribution >= 4 is 241 Å². The van der Waals surface area contributed by atoms with Crippen LogP contribution in [0.4, 0.5) is 11.4 Å².